The molecule has 0 saturated heterocycles. The van der Waals surface area contributed by atoms with E-state index in [-0.39, 0.29) is 22.2 Å². The van der Waals surface area contributed by atoms with Gasteiger partial charge in [-0.2, -0.15) is 10.1 Å². The van der Waals surface area contributed by atoms with Crippen molar-refractivity contribution in [3.05, 3.63) is 105 Å². The SMILES string of the molecule is CC1=NN(c2ccccc2)C(=O)/C1=C\c1ccc(NC(=O)c2ccc(Cl)c([N+](=O)[O-])c2)cc1. The van der Waals surface area contributed by atoms with Crippen molar-refractivity contribution < 1.29 is 14.5 Å². The van der Waals surface area contributed by atoms with Crippen molar-refractivity contribution in [3.8, 4) is 0 Å². The minimum absolute atomic E-state index is 0.0416. The Kier molecular flexibility index (Phi) is 6.01. The molecule has 8 nitrogen and oxygen atoms in total. The van der Waals surface area contributed by atoms with Crippen LogP contribution in [0.4, 0.5) is 17.1 Å². The lowest BCUT2D eigenvalue weighted by Gasteiger charge is -2.11. The van der Waals surface area contributed by atoms with Crippen molar-refractivity contribution in [3.63, 3.8) is 0 Å². The Balaban J connectivity index is 1.49. The number of carbonyl (C=O) groups excluding carboxylic acids is 2. The molecule has 0 spiro atoms. The maximum absolute atomic E-state index is 12.8. The van der Waals surface area contributed by atoms with Crippen LogP contribution >= 0.6 is 11.6 Å². The quantitative estimate of drug-likeness (QED) is 0.316. The fourth-order valence-electron chi connectivity index (χ4n) is 3.25. The normalized spacial score (nSPS) is 14.4. The van der Waals surface area contributed by atoms with Gasteiger partial charge >= 0.3 is 0 Å². The van der Waals surface area contributed by atoms with Gasteiger partial charge in [-0.3, -0.25) is 19.7 Å². The lowest BCUT2D eigenvalue weighted by molar-refractivity contribution is -0.384. The minimum atomic E-state index is -0.643. The second-order valence-corrected chi connectivity index (χ2v) is 7.60. The molecule has 0 aromatic heterocycles. The van der Waals surface area contributed by atoms with Crippen LogP contribution in [0.3, 0.4) is 0 Å². The van der Waals surface area contributed by atoms with Gasteiger partial charge in [0, 0.05) is 17.3 Å². The molecule has 9 heteroatoms. The maximum Gasteiger partial charge on any atom is 0.288 e. The predicted octanol–water partition coefficient (Wildman–Crippen LogP) is 5.31. The van der Waals surface area contributed by atoms with E-state index < -0.39 is 10.8 Å². The third-order valence-corrected chi connectivity index (χ3v) is 5.27. The van der Waals surface area contributed by atoms with Crippen molar-refractivity contribution in [1.82, 2.24) is 0 Å². The topological polar surface area (TPSA) is 105 Å². The van der Waals surface area contributed by atoms with E-state index in [1.54, 1.807) is 37.3 Å². The van der Waals surface area contributed by atoms with Gasteiger partial charge in [-0.05, 0) is 55.0 Å². The number of hydrogen-bond acceptors (Lipinski definition) is 5. The summed E-state index contributed by atoms with van der Waals surface area (Å²) in [6.07, 6.45) is 1.73. The molecule has 1 heterocycles. The Morgan fingerprint density at radius 2 is 1.79 bits per heavy atom. The van der Waals surface area contributed by atoms with Crippen LogP contribution in [0.15, 0.2) is 83.5 Å². The zero-order valence-electron chi connectivity index (χ0n) is 17.4. The van der Waals surface area contributed by atoms with Crippen LogP contribution in [0.25, 0.3) is 6.08 Å². The second-order valence-electron chi connectivity index (χ2n) is 7.20. The smallest absolute Gasteiger partial charge is 0.288 e. The first kappa shape index (κ1) is 21.9. The molecule has 33 heavy (non-hydrogen) atoms. The molecule has 3 aromatic carbocycles. The number of nitro benzene ring substituents is 1. The lowest BCUT2D eigenvalue weighted by atomic mass is 10.1. The van der Waals surface area contributed by atoms with Crippen molar-refractivity contribution in [2.75, 3.05) is 10.3 Å². The van der Waals surface area contributed by atoms with Gasteiger partial charge in [0.25, 0.3) is 17.5 Å². The van der Waals surface area contributed by atoms with Gasteiger partial charge in [-0.15, -0.1) is 0 Å². The first-order chi connectivity index (χ1) is 15.8. The van der Waals surface area contributed by atoms with Gasteiger partial charge in [-0.1, -0.05) is 41.9 Å². The number of nitro groups is 1. The number of benzene rings is 3. The van der Waals surface area contributed by atoms with E-state index in [4.69, 9.17) is 11.6 Å². The molecule has 0 bridgehead atoms. The summed E-state index contributed by atoms with van der Waals surface area (Å²) >= 11 is 5.79. The summed E-state index contributed by atoms with van der Waals surface area (Å²) < 4.78 is 0. The van der Waals surface area contributed by atoms with Gasteiger partial charge in [0.1, 0.15) is 5.02 Å². The third kappa shape index (κ3) is 4.65. The average Bonchev–Trinajstić information content (AvgIpc) is 3.09. The van der Waals surface area contributed by atoms with Crippen LogP contribution < -0.4 is 10.3 Å². The average molecular weight is 461 g/mol. The van der Waals surface area contributed by atoms with Crippen LogP contribution in [0, 0.1) is 10.1 Å². The molecule has 3 aromatic rings. The van der Waals surface area contributed by atoms with E-state index >= 15 is 0 Å². The Morgan fingerprint density at radius 1 is 1.09 bits per heavy atom. The van der Waals surface area contributed by atoms with Crippen molar-refractivity contribution in [2.45, 2.75) is 6.92 Å². The minimum Gasteiger partial charge on any atom is -0.322 e. The van der Waals surface area contributed by atoms with Crippen LogP contribution in [-0.2, 0) is 4.79 Å². The number of hydrazone groups is 1. The molecule has 0 radical (unpaired) electrons. The van der Waals surface area contributed by atoms with E-state index in [0.29, 0.717) is 22.7 Å². The highest BCUT2D eigenvalue weighted by Gasteiger charge is 2.28. The highest BCUT2D eigenvalue weighted by molar-refractivity contribution is 6.33. The highest BCUT2D eigenvalue weighted by atomic mass is 35.5. The molecule has 4 rings (SSSR count). The molecule has 0 aliphatic carbocycles. The van der Waals surface area contributed by atoms with Gasteiger partial charge in [0.2, 0.25) is 0 Å². The van der Waals surface area contributed by atoms with Crippen LogP contribution in [0.5, 0.6) is 0 Å². The zero-order chi connectivity index (χ0) is 23.5. The molecule has 0 unspecified atom stereocenters. The number of hydrogen-bond donors (Lipinski definition) is 1. The Labute approximate surface area is 193 Å². The Hall–Kier alpha value is -4.30. The largest absolute Gasteiger partial charge is 0.322 e. The van der Waals surface area contributed by atoms with E-state index in [1.165, 1.54) is 17.1 Å². The number of amides is 2. The molecule has 1 aliphatic heterocycles. The first-order valence-corrected chi connectivity index (χ1v) is 10.2. The zero-order valence-corrected chi connectivity index (χ0v) is 18.1. The monoisotopic (exact) mass is 460 g/mol. The molecule has 1 N–H and O–H groups in total. The van der Waals surface area contributed by atoms with Crippen molar-refractivity contribution in [1.29, 1.82) is 0 Å². The summed E-state index contributed by atoms with van der Waals surface area (Å²) in [6.45, 7) is 1.77. The second kappa shape index (κ2) is 9.05. The van der Waals surface area contributed by atoms with E-state index in [2.05, 4.69) is 10.4 Å². The fraction of sp³-hybridized carbons (Fsp3) is 0.0417. The van der Waals surface area contributed by atoms with E-state index in [1.807, 2.05) is 30.3 Å². The molecular formula is C24H17ClN4O4. The Bertz CT molecular complexity index is 1320. The van der Waals surface area contributed by atoms with E-state index in [9.17, 15) is 19.7 Å². The summed E-state index contributed by atoms with van der Waals surface area (Å²) in [5, 5.41) is 19.4. The van der Waals surface area contributed by atoms with Gasteiger partial charge in [-0.25, -0.2) is 0 Å². The van der Waals surface area contributed by atoms with Gasteiger partial charge in [0.05, 0.1) is 21.9 Å². The number of anilines is 2. The molecule has 0 saturated carbocycles. The number of nitrogens with zero attached hydrogens (tertiary/aromatic N) is 3. The third-order valence-electron chi connectivity index (χ3n) is 4.95. The van der Waals surface area contributed by atoms with Crippen molar-refractivity contribution in [2.24, 2.45) is 5.10 Å². The number of carbonyl (C=O) groups is 2. The fourth-order valence-corrected chi connectivity index (χ4v) is 3.44. The molecule has 164 valence electrons. The molecule has 0 atom stereocenters. The summed E-state index contributed by atoms with van der Waals surface area (Å²) in [5.41, 5.74) is 2.79. The summed E-state index contributed by atoms with van der Waals surface area (Å²) in [4.78, 5) is 35.7. The predicted molar refractivity (Wildman–Crippen MR) is 128 cm³/mol. The highest BCUT2D eigenvalue weighted by Crippen LogP contribution is 2.27. The molecule has 0 fully saturated rings. The maximum atomic E-state index is 12.8. The summed E-state index contributed by atoms with van der Waals surface area (Å²) in [7, 11) is 0. The van der Waals surface area contributed by atoms with Crippen molar-refractivity contribution >= 4 is 52.3 Å². The Morgan fingerprint density at radius 3 is 2.45 bits per heavy atom. The standard InChI is InChI=1S/C24H17ClN4O4/c1-15-20(24(31)28(27-15)19-5-3-2-4-6-19)13-16-7-10-18(11-8-16)26-23(30)17-9-12-21(25)22(14-17)29(32)33/h2-14H,1H3,(H,26,30)/b20-13-. The molecule has 1 aliphatic rings. The first-order valence-electron chi connectivity index (χ1n) is 9.85. The number of para-hydroxylation sites is 1. The van der Waals surface area contributed by atoms with Gasteiger partial charge in [0.15, 0.2) is 0 Å². The lowest BCUT2D eigenvalue weighted by Crippen LogP contribution is -2.21. The number of halogens is 1. The summed E-state index contributed by atoms with van der Waals surface area (Å²) in [5.74, 6) is -0.728. The number of rotatable bonds is 5. The van der Waals surface area contributed by atoms with E-state index in [0.717, 1.165) is 11.6 Å². The summed E-state index contributed by atoms with van der Waals surface area (Å²) in [6, 6.07) is 19.9. The number of nitrogens with one attached hydrogen (secondary N) is 1. The van der Waals surface area contributed by atoms with Crippen LogP contribution in [0.1, 0.15) is 22.8 Å². The van der Waals surface area contributed by atoms with Gasteiger partial charge < -0.3 is 5.32 Å². The van der Waals surface area contributed by atoms with Crippen LogP contribution in [-0.4, -0.2) is 22.4 Å². The molecule has 2 amide bonds. The van der Waals surface area contributed by atoms with Crippen LogP contribution in [0.2, 0.25) is 5.02 Å². The molecular weight excluding hydrogens is 444 g/mol.